The minimum absolute atomic E-state index is 0.0291. The van der Waals surface area contributed by atoms with Gasteiger partial charge in [0.2, 0.25) is 17.7 Å². The van der Waals surface area contributed by atoms with Crippen LogP contribution < -0.4 is 20.4 Å². The van der Waals surface area contributed by atoms with Crippen molar-refractivity contribution in [2.45, 2.75) is 77.7 Å². The number of hydrogen-bond donors (Lipinski definition) is 3. The SMILES string of the molecule is Cc1cc(-c2[nH]nc3ncc(-c4ccc(N5CCN(CCC6CCN(c7ccc([C@@H]8CCC(=O)NC8=O)cc7)CC6)CC5)cc4)cc23)ccc1CNC(=O)c1noc(C(C)(C)C)n1. The standard InChI is InChI=1S/C49H56N10O4/c1-31-27-35(5-6-36(31)29-51-47(62)45-53-48(63-56-45)49(2,3)4)43-41-28-37(30-50-44(41)55-54-43)33-7-11-39(12-8-33)59-25-23-57(24-26-59)20-17-32-18-21-58(22-19-32)38-13-9-34(10-14-38)40-15-16-42(60)52-46(40)61/h5-14,27-28,30,32,40H,15-26,29H2,1-4H3,(H,51,62)(H,50,54,55)(H,52,60,61)/t40-/m0/s1. The molecule has 3 aromatic carbocycles. The molecular formula is C49H56N10O4. The predicted molar refractivity (Wildman–Crippen MR) is 243 cm³/mol. The number of carbonyl (C=O) groups is 3. The second kappa shape index (κ2) is 17.8. The van der Waals surface area contributed by atoms with Crippen LogP contribution >= 0.6 is 0 Å². The third-order valence-corrected chi connectivity index (χ3v) is 13.1. The Bertz CT molecular complexity index is 2600. The largest absolute Gasteiger partial charge is 0.372 e. The summed E-state index contributed by atoms with van der Waals surface area (Å²) >= 11 is 0. The molecule has 0 saturated carbocycles. The lowest BCUT2D eigenvalue weighted by Gasteiger charge is -2.38. The first-order valence-corrected chi connectivity index (χ1v) is 22.3. The van der Waals surface area contributed by atoms with Crippen LogP contribution in [0.5, 0.6) is 0 Å². The number of H-pyrrole nitrogens is 1. The van der Waals surface area contributed by atoms with Crippen molar-refractivity contribution in [2.75, 3.05) is 55.6 Å². The molecule has 3 fully saturated rings. The molecule has 14 nitrogen and oxygen atoms in total. The first kappa shape index (κ1) is 41.9. The van der Waals surface area contributed by atoms with Gasteiger partial charge in [0.15, 0.2) is 5.65 Å². The lowest BCUT2D eigenvalue weighted by atomic mass is 9.90. The fourth-order valence-corrected chi connectivity index (χ4v) is 9.07. The Balaban J connectivity index is 0.741. The number of benzene rings is 3. The van der Waals surface area contributed by atoms with E-state index in [1.807, 2.05) is 46.0 Å². The highest BCUT2D eigenvalue weighted by molar-refractivity contribution is 6.01. The number of hydrogen-bond acceptors (Lipinski definition) is 11. The van der Waals surface area contributed by atoms with E-state index in [1.165, 1.54) is 30.6 Å². The van der Waals surface area contributed by atoms with Crippen molar-refractivity contribution in [3.8, 4) is 22.4 Å². The van der Waals surface area contributed by atoms with Crippen molar-refractivity contribution in [3.05, 3.63) is 107 Å². The third kappa shape index (κ3) is 9.36. The highest BCUT2D eigenvalue weighted by atomic mass is 16.5. The van der Waals surface area contributed by atoms with Crippen LogP contribution in [0.1, 0.15) is 92.0 Å². The van der Waals surface area contributed by atoms with E-state index in [2.05, 4.69) is 106 Å². The van der Waals surface area contributed by atoms with Crippen LogP contribution in [-0.4, -0.2) is 93.8 Å². The number of anilines is 2. The van der Waals surface area contributed by atoms with Crippen LogP contribution in [0.2, 0.25) is 0 Å². The third-order valence-electron chi connectivity index (χ3n) is 13.1. The van der Waals surface area contributed by atoms with Crippen molar-refractivity contribution in [1.82, 2.24) is 40.9 Å². The quantitative estimate of drug-likeness (QED) is 0.113. The molecule has 0 bridgehead atoms. The van der Waals surface area contributed by atoms with E-state index in [0.717, 1.165) is 96.2 Å². The normalized spacial score (nSPS) is 17.9. The molecule has 0 unspecified atom stereocenters. The second-order valence-electron chi connectivity index (χ2n) is 18.4. The van der Waals surface area contributed by atoms with E-state index in [1.54, 1.807) is 0 Å². The van der Waals surface area contributed by atoms with E-state index in [4.69, 9.17) is 9.51 Å². The Kier molecular flexibility index (Phi) is 11.8. The van der Waals surface area contributed by atoms with Gasteiger partial charge in [-0.3, -0.25) is 29.7 Å². The van der Waals surface area contributed by atoms with Crippen LogP contribution in [0, 0.1) is 12.8 Å². The van der Waals surface area contributed by atoms with Crippen molar-refractivity contribution >= 4 is 40.1 Å². The molecule has 9 rings (SSSR count). The van der Waals surface area contributed by atoms with Crippen molar-refractivity contribution in [3.63, 3.8) is 0 Å². The summed E-state index contributed by atoms with van der Waals surface area (Å²) in [4.78, 5) is 53.2. The maximum absolute atomic E-state index is 12.7. The number of amides is 3. The lowest BCUT2D eigenvalue weighted by molar-refractivity contribution is -0.134. The minimum Gasteiger partial charge on any atom is -0.372 e. The number of piperidine rings is 2. The molecule has 6 heterocycles. The Hall–Kier alpha value is -6.41. The first-order chi connectivity index (χ1) is 30.4. The number of carbonyl (C=O) groups excluding carboxylic acids is 3. The lowest BCUT2D eigenvalue weighted by Crippen LogP contribution is -2.47. The molecule has 0 radical (unpaired) electrons. The molecule has 0 spiro atoms. The van der Waals surface area contributed by atoms with Crippen LogP contribution in [0.15, 0.2) is 83.5 Å². The molecule has 3 amide bonds. The second-order valence-corrected chi connectivity index (χ2v) is 18.4. The van der Waals surface area contributed by atoms with Crippen molar-refractivity contribution < 1.29 is 18.9 Å². The maximum Gasteiger partial charge on any atom is 0.292 e. The number of nitrogens with one attached hydrogen (secondary N) is 3. The van der Waals surface area contributed by atoms with Gasteiger partial charge in [-0.05, 0) is 104 Å². The van der Waals surface area contributed by atoms with Crippen molar-refractivity contribution in [2.24, 2.45) is 5.92 Å². The number of rotatable bonds is 11. The van der Waals surface area contributed by atoms with E-state index in [0.29, 0.717) is 30.9 Å². The van der Waals surface area contributed by atoms with Gasteiger partial charge in [-0.2, -0.15) is 10.1 Å². The molecular weight excluding hydrogens is 793 g/mol. The van der Waals surface area contributed by atoms with Gasteiger partial charge in [0, 0.05) is 91.7 Å². The van der Waals surface area contributed by atoms with Gasteiger partial charge in [-0.25, -0.2) is 4.98 Å². The summed E-state index contributed by atoms with van der Waals surface area (Å²) in [7, 11) is 0. The number of nitrogens with zero attached hydrogens (tertiary/aromatic N) is 7. The highest BCUT2D eigenvalue weighted by Gasteiger charge is 2.29. The highest BCUT2D eigenvalue weighted by Crippen LogP contribution is 2.33. The zero-order chi connectivity index (χ0) is 43.7. The molecule has 3 aliphatic heterocycles. The summed E-state index contributed by atoms with van der Waals surface area (Å²) in [5.74, 6) is 0.227. The minimum atomic E-state index is -0.377. The number of aromatic amines is 1. The summed E-state index contributed by atoms with van der Waals surface area (Å²) in [5, 5.41) is 17.9. The molecule has 0 aliphatic carbocycles. The molecule has 6 aromatic rings. The van der Waals surface area contributed by atoms with Gasteiger partial charge in [-0.1, -0.05) is 62.3 Å². The summed E-state index contributed by atoms with van der Waals surface area (Å²) in [6.45, 7) is 15.7. The van der Waals surface area contributed by atoms with Gasteiger partial charge in [0.05, 0.1) is 11.6 Å². The van der Waals surface area contributed by atoms with Crippen LogP contribution in [0.3, 0.4) is 0 Å². The Morgan fingerprint density at radius 2 is 1.54 bits per heavy atom. The number of aryl methyl sites for hydroxylation is 1. The van der Waals surface area contributed by atoms with Gasteiger partial charge >= 0.3 is 0 Å². The molecule has 3 saturated heterocycles. The van der Waals surface area contributed by atoms with E-state index < -0.39 is 0 Å². The van der Waals surface area contributed by atoms with Crippen LogP contribution in [0.25, 0.3) is 33.4 Å². The summed E-state index contributed by atoms with van der Waals surface area (Å²) in [6.07, 6.45) is 6.51. The van der Waals surface area contributed by atoms with Gasteiger partial charge in [0.25, 0.3) is 11.7 Å². The fraction of sp³-hybridized carbons (Fsp3) is 0.408. The number of aromatic nitrogens is 5. The molecule has 326 valence electrons. The predicted octanol–water partition coefficient (Wildman–Crippen LogP) is 7.16. The fourth-order valence-electron chi connectivity index (χ4n) is 9.07. The first-order valence-electron chi connectivity index (χ1n) is 22.3. The topological polar surface area (TPSA) is 165 Å². The average Bonchev–Trinajstić information content (AvgIpc) is 3.98. The zero-order valence-electron chi connectivity index (χ0n) is 36.6. The van der Waals surface area contributed by atoms with Gasteiger partial charge in [-0.15, -0.1) is 0 Å². The van der Waals surface area contributed by atoms with E-state index in [9.17, 15) is 14.4 Å². The molecule has 63 heavy (non-hydrogen) atoms. The van der Waals surface area contributed by atoms with E-state index >= 15 is 0 Å². The Morgan fingerprint density at radius 3 is 2.22 bits per heavy atom. The van der Waals surface area contributed by atoms with Crippen LogP contribution in [0.4, 0.5) is 11.4 Å². The number of imide groups is 1. The summed E-state index contributed by atoms with van der Waals surface area (Å²) < 4.78 is 5.28. The Labute approximate surface area is 367 Å². The molecule has 14 heteroatoms. The number of piperazine rings is 1. The molecule has 3 aromatic heterocycles. The van der Waals surface area contributed by atoms with Gasteiger partial charge in [0.1, 0.15) is 0 Å². The summed E-state index contributed by atoms with van der Waals surface area (Å²) in [5.41, 5.74) is 9.81. The molecule has 3 N–H and O–H groups in total. The van der Waals surface area contributed by atoms with Gasteiger partial charge < -0.3 is 19.6 Å². The zero-order valence-corrected chi connectivity index (χ0v) is 36.6. The Morgan fingerprint density at radius 1 is 0.841 bits per heavy atom. The monoisotopic (exact) mass is 848 g/mol. The average molecular weight is 849 g/mol. The molecule has 3 aliphatic rings. The van der Waals surface area contributed by atoms with Crippen molar-refractivity contribution in [1.29, 1.82) is 0 Å². The maximum atomic E-state index is 12.7. The summed E-state index contributed by atoms with van der Waals surface area (Å²) in [6, 6.07) is 25.5. The smallest absolute Gasteiger partial charge is 0.292 e. The number of pyridine rings is 1. The van der Waals surface area contributed by atoms with E-state index in [-0.39, 0.29) is 34.9 Å². The molecule has 1 atom stereocenters. The number of fused-ring (bicyclic) bond motifs is 1. The van der Waals surface area contributed by atoms with Crippen LogP contribution in [-0.2, 0) is 21.5 Å².